The smallest absolute Gasteiger partial charge is 0.258 e. The van der Waals surface area contributed by atoms with Crippen LogP contribution in [0.4, 0.5) is 0 Å². The lowest BCUT2D eigenvalue weighted by molar-refractivity contribution is 0.402. The monoisotopic (exact) mass is 335 g/mol. The molecule has 0 saturated carbocycles. The third kappa shape index (κ3) is 2.94. The first-order valence-corrected chi connectivity index (χ1v) is 7.87. The molecule has 1 atom stereocenters. The van der Waals surface area contributed by atoms with E-state index in [9.17, 15) is 0 Å². The van der Waals surface area contributed by atoms with E-state index in [1.165, 1.54) is 19.3 Å². The lowest BCUT2D eigenvalue weighted by Crippen LogP contribution is -2.21. The van der Waals surface area contributed by atoms with Crippen molar-refractivity contribution in [2.45, 2.75) is 38.6 Å². The molecule has 1 saturated heterocycles. The van der Waals surface area contributed by atoms with Gasteiger partial charge in [-0.2, -0.15) is 4.98 Å². The topological polar surface area (TPSA) is 51.0 Å². The predicted octanol–water partition coefficient (Wildman–Crippen LogP) is 4.01. The van der Waals surface area contributed by atoms with Crippen LogP contribution in [0, 0.1) is 6.92 Å². The Balaban J connectivity index is 1.87. The zero-order valence-corrected chi connectivity index (χ0v) is 13.1. The van der Waals surface area contributed by atoms with Crippen molar-refractivity contribution in [3.05, 3.63) is 34.1 Å². The molecule has 1 unspecified atom stereocenters. The van der Waals surface area contributed by atoms with Gasteiger partial charge >= 0.3 is 0 Å². The summed E-state index contributed by atoms with van der Waals surface area (Å²) in [7, 11) is 0. The fourth-order valence-electron chi connectivity index (χ4n) is 2.56. The summed E-state index contributed by atoms with van der Waals surface area (Å²) >= 11 is 3.49. The number of benzene rings is 1. The molecule has 4 nitrogen and oxygen atoms in total. The Kier molecular flexibility index (Phi) is 4.17. The van der Waals surface area contributed by atoms with Gasteiger partial charge in [0.25, 0.3) is 5.89 Å². The highest BCUT2D eigenvalue weighted by Crippen LogP contribution is 2.27. The summed E-state index contributed by atoms with van der Waals surface area (Å²) in [5, 5.41) is 7.66. The highest BCUT2D eigenvalue weighted by atomic mass is 79.9. The molecule has 0 spiro atoms. The van der Waals surface area contributed by atoms with Gasteiger partial charge in [-0.15, -0.1) is 0 Å². The van der Waals surface area contributed by atoms with E-state index in [1.807, 2.05) is 18.2 Å². The van der Waals surface area contributed by atoms with Gasteiger partial charge in [-0.3, -0.25) is 0 Å². The fourth-order valence-corrected chi connectivity index (χ4v) is 2.92. The summed E-state index contributed by atoms with van der Waals surface area (Å²) in [5.74, 6) is 1.38. The predicted molar refractivity (Wildman–Crippen MR) is 81.4 cm³/mol. The van der Waals surface area contributed by atoms with Crippen LogP contribution in [0.5, 0.6) is 0 Å². The van der Waals surface area contributed by atoms with E-state index >= 15 is 0 Å². The van der Waals surface area contributed by atoms with E-state index in [-0.39, 0.29) is 6.04 Å². The molecule has 1 aliphatic rings. The maximum Gasteiger partial charge on any atom is 0.258 e. The summed E-state index contributed by atoms with van der Waals surface area (Å²) in [6.07, 6.45) is 4.80. The van der Waals surface area contributed by atoms with E-state index in [0.29, 0.717) is 5.89 Å². The molecule has 2 heterocycles. The number of nitrogens with zero attached hydrogens (tertiary/aromatic N) is 2. The summed E-state index contributed by atoms with van der Waals surface area (Å²) in [6.45, 7) is 3.08. The molecule has 5 heteroatoms. The number of aryl methyl sites for hydroxylation is 1. The molecule has 0 aliphatic carbocycles. The van der Waals surface area contributed by atoms with Gasteiger partial charge in [-0.1, -0.05) is 40.0 Å². The van der Waals surface area contributed by atoms with Crippen molar-refractivity contribution in [3.8, 4) is 11.5 Å². The normalized spacial score (nSPS) is 19.8. The maximum atomic E-state index is 5.46. The number of halogens is 1. The minimum atomic E-state index is 0.224. The Morgan fingerprint density at radius 3 is 3.10 bits per heavy atom. The molecule has 3 rings (SSSR count). The van der Waals surface area contributed by atoms with Crippen LogP contribution in [0.15, 0.2) is 27.2 Å². The standard InChI is InChI=1S/C15H18BrN3O/c1-10-6-7-11(16)9-12(10)15-18-14(19-20-15)13-5-3-2-4-8-17-13/h6-7,9,13,17H,2-5,8H2,1H3. The number of rotatable bonds is 2. The molecule has 20 heavy (non-hydrogen) atoms. The van der Waals surface area contributed by atoms with E-state index in [1.54, 1.807) is 0 Å². The molecule has 1 aromatic heterocycles. The van der Waals surface area contributed by atoms with Crippen LogP contribution in [0.1, 0.15) is 43.1 Å². The Hall–Kier alpha value is -1.20. The van der Waals surface area contributed by atoms with E-state index in [2.05, 4.69) is 38.3 Å². The maximum absolute atomic E-state index is 5.46. The van der Waals surface area contributed by atoms with Crippen LogP contribution in [0.3, 0.4) is 0 Å². The lowest BCUT2D eigenvalue weighted by Gasteiger charge is -2.10. The summed E-state index contributed by atoms with van der Waals surface area (Å²) < 4.78 is 6.48. The summed E-state index contributed by atoms with van der Waals surface area (Å²) in [6, 6.07) is 6.31. The van der Waals surface area contributed by atoms with Gasteiger partial charge in [0.1, 0.15) is 0 Å². The van der Waals surface area contributed by atoms with E-state index in [4.69, 9.17) is 4.52 Å². The van der Waals surface area contributed by atoms with E-state index in [0.717, 1.165) is 34.4 Å². The molecular weight excluding hydrogens is 318 g/mol. The third-order valence-corrected chi connectivity index (χ3v) is 4.24. The minimum Gasteiger partial charge on any atom is -0.334 e. The molecule has 1 fully saturated rings. The zero-order valence-electron chi connectivity index (χ0n) is 11.5. The van der Waals surface area contributed by atoms with Crippen LogP contribution in [0.25, 0.3) is 11.5 Å². The van der Waals surface area contributed by atoms with Gasteiger partial charge in [-0.05, 0) is 44.0 Å². The summed E-state index contributed by atoms with van der Waals surface area (Å²) in [5.41, 5.74) is 2.13. The van der Waals surface area contributed by atoms with Gasteiger partial charge < -0.3 is 9.84 Å². The fraction of sp³-hybridized carbons (Fsp3) is 0.467. The molecule has 0 radical (unpaired) electrons. The third-order valence-electron chi connectivity index (χ3n) is 3.74. The first kappa shape index (κ1) is 13.8. The SMILES string of the molecule is Cc1ccc(Br)cc1-c1nc(C2CCCCCN2)no1. The second kappa shape index (κ2) is 6.06. The van der Waals surface area contributed by atoms with Crippen LogP contribution < -0.4 is 5.32 Å². The Bertz CT molecular complexity index is 589. The van der Waals surface area contributed by atoms with Crippen molar-refractivity contribution >= 4 is 15.9 Å². The highest BCUT2D eigenvalue weighted by molar-refractivity contribution is 9.10. The van der Waals surface area contributed by atoms with Crippen molar-refractivity contribution in [3.63, 3.8) is 0 Å². The molecule has 1 aromatic carbocycles. The second-order valence-electron chi connectivity index (χ2n) is 5.27. The van der Waals surface area contributed by atoms with Crippen molar-refractivity contribution in [2.75, 3.05) is 6.54 Å². The van der Waals surface area contributed by atoms with Gasteiger partial charge in [0.15, 0.2) is 5.82 Å². The molecule has 1 N–H and O–H groups in total. The first-order valence-electron chi connectivity index (χ1n) is 7.07. The van der Waals surface area contributed by atoms with Crippen molar-refractivity contribution in [1.29, 1.82) is 0 Å². The Morgan fingerprint density at radius 2 is 2.20 bits per heavy atom. The molecular formula is C15H18BrN3O. The van der Waals surface area contributed by atoms with Crippen LogP contribution in [0.2, 0.25) is 0 Å². The second-order valence-corrected chi connectivity index (χ2v) is 6.19. The largest absolute Gasteiger partial charge is 0.334 e. The number of hydrogen-bond acceptors (Lipinski definition) is 4. The van der Waals surface area contributed by atoms with E-state index < -0.39 is 0 Å². The van der Waals surface area contributed by atoms with Gasteiger partial charge in [-0.25, -0.2) is 0 Å². The number of nitrogens with one attached hydrogen (secondary N) is 1. The first-order chi connectivity index (χ1) is 9.74. The number of aromatic nitrogens is 2. The van der Waals surface area contributed by atoms with Crippen molar-refractivity contribution < 1.29 is 4.52 Å². The van der Waals surface area contributed by atoms with Gasteiger partial charge in [0, 0.05) is 10.0 Å². The molecule has 2 aromatic rings. The number of hydrogen-bond donors (Lipinski definition) is 1. The lowest BCUT2D eigenvalue weighted by atomic mass is 10.1. The zero-order chi connectivity index (χ0) is 13.9. The van der Waals surface area contributed by atoms with Crippen LogP contribution in [-0.2, 0) is 0 Å². The molecule has 1 aliphatic heterocycles. The highest BCUT2D eigenvalue weighted by Gasteiger charge is 2.20. The van der Waals surface area contributed by atoms with Crippen LogP contribution >= 0.6 is 15.9 Å². The van der Waals surface area contributed by atoms with Gasteiger partial charge in [0.2, 0.25) is 0 Å². The molecule has 0 bridgehead atoms. The summed E-state index contributed by atoms with van der Waals surface area (Å²) in [4.78, 5) is 4.59. The van der Waals surface area contributed by atoms with Crippen LogP contribution in [-0.4, -0.2) is 16.7 Å². The van der Waals surface area contributed by atoms with Crippen molar-refractivity contribution in [1.82, 2.24) is 15.5 Å². The van der Waals surface area contributed by atoms with Crippen molar-refractivity contribution in [2.24, 2.45) is 0 Å². The Labute approximate surface area is 127 Å². The minimum absolute atomic E-state index is 0.224. The molecule has 0 amide bonds. The quantitative estimate of drug-likeness (QED) is 0.900. The average molecular weight is 336 g/mol. The Morgan fingerprint density at radius 1 is 1.30 bits per heavy atom. The van der Waals surface area contributed by atoms with Gasteiger partial charge in [0.05, 0.1) is 6.04 Å². The molecule has 106 valence electrons. The average Bonchev–Trinajstić information content (AvgIpc) is 2.77.